The second kappa shape index (κ2) is 10.5. The number of aromatic nitrogens is 1. The summed E-state index contributed by atoms with van der Waals surface area (Å²) < 4.78 is 4.94. The van der Waals surface area contributed by atoms with E-state index in [4.69, 9.17) is 9.72 Å². The van der Waals surface area contributed by atoms with Crippen molar-refractivity contribution in [1.29, 1.82) is 5.26 Å². The summed E-state index contributed by atoms with van der Waals surface area (Å²) in [7, 11) is 0. The van der Waals surface area contributed by atoms with Crippen molar-refractivity contribution in [2.45, 2.75) is 19.5 Å². The Bertz CT molecular complexity index is 1440. The van der Waals surface area contributed by atoms with Gasteiger partial charge in [-0.1, -0.05) is 78.9 Å². The van der Waals surface area contributed by atoms with Gasteiger partial charge >= 0.3 is 0 Å². The van der Waals surface area contributed by atoms with Crippen LogP contribution in [0.4, 0.5) is 0 Å². The van der Waals surface area contributed by atoms with Crippen molar-refractivity contribution in [2.24, 2.45) is 0 Å². The molecular weight excluding hydrogens is 464 g/mol. The molecule has 1 aliphatic heterocycles. The molecule has 37 heavy (non-hydrogen) atoms. The third-order valence-electron chi connectivity index (χ3n) is 6.98. The maximum Gasteiger partial charge on any atom is 0.268 e. The number of quaternary nitrogens is 1. The topological polar surface area (TPSA) is 89.3 Å². The highest BCUT2D eigenvalue weighted by Crippen LogP contribution is 2.35. The van der Waals surface area contributed by atoms with Crippen molar-refractivity contribution in [3.63, 3.8) is 0 Å². The van der Waals surface area contributed by atoms with Gasteiger partial charge in [0.2, 0.25) is 0 Å². The molecular formula is C30H28N4O3. The van der Waals surface area contributed by atoms with Gasteiger partial charge in [0, 0.05) is 16.5 Å². The summed E-state index contributed by atoms with van der Waals surface area (Å²) in [6.07, 6.45) is 2.12. The number of carbonyl (C=O) groups excluding carboxylic acids is 1. The number of ether oxygens (including phenoxy) is 1. The Morgan fingerprint density at radius 2 is 1.65 bits per heavy atom. The van der Waals surface area contributed by atoms with Crippen molar-refractivity contribution in [2.75, 3.05) is 26.3 Å². The van der Waals surface area contributed by atoms with E-state index in [2.05, 4.69) is 6.19 Å². The fourth-order valence-electron chi connectivity index (χ4n) is 4.92. The number of morpholine rings is 1. The smallest absolute Gasteiger partial charge is 0.268 e. The zero-order valence-corrected chi connectivity index (χ0v) is 20.7. The molecule has 3 aromatic carbocycles. The Labute approximate surface area is 216 Å². The monoisotopic (exact) mass is 492 g/mol. The van der Waals surface area contributed by atoms with Crippen LogP contribution in [0.2, 0.25) is 0 Å². The van der Waals surface area contributed by atoms with Crippen LogP contribution in [0.3, 0.4) is 0 Å². The minimum atomic E-state index is -0.513. The molecule has 1 aromatic heterocycles. The normalized spacial score (nSPS) is 15.6. The molecule has 0 saturated carbocycles. The van der Waals surface area contributed by atoms with Crippen LogP contribution in [0.1, 0.15) is 34.5 Å². The summed E-state index contributed by atoms with van der Waals surface area (Å²) in [6, 6.07) is 26.0. The highest BCUT2D eigenvalue weighted by Gasteiger charge is 2.32. The van der Waals surface area contributed by atoms with Gasteiger partial charge in [-0.25, -0.2) is 9.88 Å². The zero-order chi connectivity index (χ0) is 25.8. The third kappa shape index (κ3) is 4.95. The first-order chi connectivity index (χ1) is 18.0. The van der Waals surface area contributed by atoms with Gasteiger partial charge in [-0.05, 0) is 18.6 Å². The molecule has 1 saturated heterocycles. The lowest BCUT2D eigenvalue weighted by Crippen LogP contribution is -2.50. The number of pyridine rings is 1. The van der Waals surface area contributed by atoms with Gasteiger partial charge in [-0.3, -0.25) is 4.79 Å². The van der Waals surface area contributed by atoms with E-state index in [0.717, 1.165) is 11.1 Å². The van der Waals surface area contributed by atoms with Crippen LogP contribution in [0, 0.1) is 16.7 Å². The minimum Gasteiger partial charge on any atom is -0.632 e. The first-order valence-electron chi connectivity index (χ1n) is 12.4. The van der Waals surface area contributed by atoms with Crippen LogP contribution in [0.25, 0.3) is 22.2 Å². The molecule has 1 amide bonds. The summed E-state index contributed by atoms with van der Waals surface area (Å²) >= 11 is 0. The van der Waals surface area contributed by atoms with Crippen LogP contribution < -0.4 is 0 Å². The first-order valence-corrected chi connectivity index (χ1v) is 12.4. The summed E-state index contributed by atoms with van der Waals surface area (Å²) in [4.78, 5) is 20.4. The van der Waals surface area contributed by atoms with Crippen molar-refractivity contribution >= 4 is 16.8 Å². The number of nitriles is 1. The maximum absolute atomic E-state index is 14.3. The van der Waals surface area contributed by atoms with Crippen LogP contribution >= 0.6 is 0 Å². The van der Waals surface area contributed by atoms with E-state index in [-0.39, 0.29) is 19.6 Å². The lowest BCUT2D eigenvalue weighted by atomic mass is 9.94. The number of fused-ring (bicyclic) bond motifs is 1. The van der Waals surface area contributed by atoms with Crippen molar-refractivity contribution < 1.29 is 14.2 Å². The van der Waals surface area contributed by atoms with Gasteiger partial charge in [0.1, 0.15) is 19.6 Å². The molecule has 2 heterocycles. The summed E-state index contributed by atoms with van der Waals surface area (Å²) in [5.74, 6) is -0.440. The van der Waals surface area contributed by atoms with E-state index >= 15 is 0 Å². The predicted octanol–water partition coefficient (Wildman–Crippen LogP) is 5.43. The Kier molecular flexibility index (Phi) is 6.97. The quantitative estimate of drug-likeness (QED) is 0.155. The Morgan fingerprint density at radius 3 is 2.32 bits per heavy atom. The molecule has 0 aliphatic carbocycles. The highest BCUT2D eigenvalue weighted by atomic mass is 16.6. The van der Waals surface area contributed by atoms with Gasteiger partial charge in [-0.2, -0.15) is 5.26 Å². The summed E-state index contributed by atoms with van der Waals surface area (Å²) in [5, 5.41) is 24.6. The molecule has 0 bridgehead atoms. The van der Waals surface area contributed by atoms with E-state index in [0.29, 0.717) is 40.9 Å². The minimum absolute atomic E-state index is 0.0610. The number of rotatable bonds is 6. The zero-order valence-electron chi connectivity index (χ0n) is 20.7. The van der Waals surface area contributed by atoms with Gasteiger partial charge in [0.15, 0.2) is 6.19 Å². The Hall–Kier alpha value is -4.09. The molecule has 0 N–H and O–H groups in total. The number of hydroxylamine groups is 3. The van der Waals surface area contributed by atoms with E-state index in [1.54, 1.807) is 0 Å². The Morgan fingerprint density at radius 1 is 1.03 bits per heavy atom. The van der Waals surface area contributed by atoms with Crippen LogP contribution in [-0.4, -0.2) is 46.7 Å². The SMILES string of the molecule is CC(c1ccccc1)N(C#N)C(=O)c1c(C[N+]2([O-])CCOCC2)c(-c2ccccc2)nc2ccccc12. The van der Waals surface area contributed by atoms with E-state index in [9.17, 15) is 15.3 Å². The standard InChI is InChI=1S/C30H28N4O3/c1-22(23-10-4-2-5-11-23)33(21-31)30(35)28-25-14-8-9-15-27(25)32-29(24-12-6-3-7-13-24)26(28)20-34(36)16-18-37-19-17-34/h2-15,22H,16-20H2,1H3. The number of hydrogen-bond donors (Lipinski definition) is 0. The molecule has 1 atom stereocenters. The number of hydrogen-bond acceptors (Lipinski definition) is 5. The molecule has 7 nitrogen and oxygen atoms in total. The number of nitrogens with zero attached hydrogens (tertiary/aromatic N) is 4. The average molecular weight is 493 g/mol. The van der Waals surface area contributed by atoms with Crippen molar-refractivity contribution in [3.8, 4) is 17.5 Å². The molecule has 4 aromatic rings. The number of carbonyl (C=O) groups is 1. The summed E-state index contributed by atoms with van der Waals surface area (Å²) in [5.41, 5.74) is 3.81. The van der Waals surface area contributed by atoms with Crippen LogP contribution in [0.5, 0.6) is 0 Å². The molecule has 5 rings (SSSR count). The van der Waals surface area contributed by atoms with Gasteiger partial charge in [0.05, 0.1) is 36.0 Å². The predicted molar refractivity (Wildman–Crippen MR) is 142 cm³/mol. The molecule has 1 fully saturated rings. The maximum atomic E-state index is 14.3. The van der Waals surface area contributed by atoms with E-state index in [1.807, 2.05) is 91.9 Å². The van der Waals surface area contributed by atoms with Crippen LogP contribution in [0.15, 0.2) is 84.9 Å². The molecule has 1 unspecified atom stereocenters. The molecule has 0 radical (unpaired) electrons. The fraction of sp³-hybridized carbons (Fsp3) is 0.233. The van der Waals surface area contributed by atoms with Crippen molar-refractivity contribution in [3.05, 3.63) is 107 Å². The third-order valence-corrected chi connectivity index (χ3v) is 6.98. The highest BCUT2D eigenvalue weighted by molar-refractivity contribution is 6.09. The average Bonchev–Trinajstić information content (AvgIpc) is 2.94. The second-order valence-electron chi connectivity index (χ2n) is 9.33. The second-order valence-corrected chi connectivity index (χ2v) is 9.33. The number of para-hydroxylation sites is 1. The molecule has 7 heteroatoms. The van der Waals surface area contributed by atoms with E-state index in [1.165, 1.54) is 4.90 Å². The Balaban J connectivity index is 1.73. The van der Waals surface area contributed by atoms with Crippen molar-refractivity contribution in [1.82, 2.24) is 9.88 Å². The lowest BCUT2D eigenvalue weighted by Gasteiger charge is -2.45. The van der Waals surface area contributed by atoms with Gasteiger partial charge in [-0.15, -0.1) is 0 Å². The first kappa shape index (κ1) is 24.6. The largest absolute Gasteiger partial charge is 0.632 e. The van der Waals surface area contributed by atoms with Crippen LogP contribution in [-0.2, 0) is 11.3 Å². The lowest BCUT2D eigenvalue weighted by molar-refractivity contribution is -0.901. The number of benzene rings is 3. The number of amides is 1. The molecule has 1 aliphatic rings. The molecule has 0 spiro atoms. The fourth-order valence-corrected chi connectivity index (χ4v) is 4.92. The van der Waals surface area contributed by atoms with Gasteiger partial charge in [0.25, 0.3) is 5.91 Å². The van der Waals surface area contributed by atoms with E-state index < -0.39 is 16.6 Å². The molecule has 186 valence electrons. The summed E-state index contributed by atoms with van der Waals surface area (Å²) in [6.45, 7) is 3.20. The van der Waals surface area contributed by atoms with Gasteiger partial charge < -0.3 is 14.6 Å².